The fourth-order valence-corrected chi connectivity index (χ4v) is 1.27. The van der Waals surface area contributed by atoms with Crippen LogP contribution in [0.5, 0.6) is 0 Å². The third kappa shape index (κ3) is 2.28. The predicted octanol–water partition coefficient (Wildman–Crippen LogP) is 2.16. The third-order valence-electron chi connectivity index (χ3n) is 1.73. The van der Waals surface area contributed by atoms with Crippen molar-refractivity contribution in [3.63, 3.8) is 0 Å². The summed E-state index contributed by atoms with van der Waals surface area (Å²) in [5, 5.41) is 8.59. The molecule has 0 unspecified atom stereocenters. The molecule has 0 aromatic heterocycles. The summed E-state index contributed by atoms with van der Waals surface area (Å²) in [5.74, 6) is -1.58. The lowest BCUT2D eigenvalue weighted by Crippen LogP contribution is -2.08. The summed E-state index contributed by atoms with van der Waals surface area (Å²) in [4.78, 5) is 11.1. The van der Waals surface area contributed by atoms with E-state index in [0.29, 0.717) is 0 Å². The maximum Gasteiger partial charge on any atom is 0.341 e. The number of nitrogens with zero attached hydrogens (tertiary/aromatic N) is 1. The predicted molar refractivity (Wildman–Crippen MR) is 54.3 cm³/mol. The smallest absolute Gasteiger partial charge is 0.341 e. The quantitative estimate of drug-likeness (QED) is 0.619. The average Bonchev–Trinajstić information content (AvgIpc) is 2.22. The molecule has 0 fully saturated rings. The Kier molecular flexibility index (Phi) is 3.69. The molecule has 0 saturated heterocycles. The van der Waals surface area contributed by atoms with E-state index >= 15 is 0 Å². The van der Waals surface area contributed by atoms with Crippen LogP contribution in [0.4, 0.5) is 4.39 Å². The van der Waals surface area contributed by atoms with E-state index in [0.717, 1.165) is 0 Å². The Balaban J connectivity index is 3.19. The Morgan fingerprint density at radius 1 is 1.67 bits per heavy atom. The Morgan fingerprint density at radius 2 is 2.33 bits per heavy atom. The largest absolute Gasteiger partial charge is 0.462 e. The Labute approximate surface area is 91.9 Å². The van der Waals surface area contributed by atoms with Gasteiger partial charge < -0.3 is 4.74 Å². The van der Waals surface area contributed by atoms with E-state index in [1.54, 1.807) is 13.0 Å². The van der Waals surface area contributed by atoms with Gasteiger partial charge in [-0.05, 0) is 19.1 Å². The summed E-state index contributed by atoms with van der Waals surface area (Å²) < 4.78 is 18.1. The summed E-state index contributed by atoms with van der Waals surface area (Å²) in [6, 6.07) is 4.31. The SMILES string of the molecule is CCOC(=O)c1ccc(C#N)c(S)c1F. The summed E-state index contributed by atoms with van der Waals surface area (Å²) in [6.45, 7) is 1.79. The first kappa shape index (κ1) is 11.5. The van der Waals surface area contributed by atoms with Gasteiger partial charge in [0.25, 0.3) is 0 Å². The first-order valence-corrected chi connectivity index (χ1v) is 4.65. The number of nitriles is 1. The molecule has 0 aliphatic rings. The Morgan fingerprint density at radius 3 is 2.87 bits per heavy atom. The highest BCUT2D eigenvalue weighted by Gasteiger charge is 2.17. The second kappa shape index (κ2) is 4.80. The van der Waals surface area contributed by atoms with Crippen molar-refractivity contribution in [3.8, 4) is 6.07 Å². The zero-order chi connectivity index (χ0) is 11.4. The highest BCUT2D eigenvalue weighted by atomic mass is 32.1. The van der Waals surface area contributed by atoms with Gasteiger partial charge in [0.2, 0.25) is 0 Å². The lowest BCUT2D eigenvalue weighted by Gasteiger charge is -2.05. The Bertz CT molecular complexity index is 440. The molecule has 0 bridgehead atoms. The number of hydrogen-bond donors (Lipinski definition) is 1. The molecule has 0 amide bonds. The second-order valence-corrected chi connectivity index (χ2v) is 3.10. The first-order chi connectivity index (χ1) is 7.11. The van der Waals surface area contributed by atoms with Crippen molar-refractivity contribution in [1.29, 1.82) is 5.26 Å². The fourth-order valence-electron chi connectivity index (χ4n) is 1.02. The number of hydrogen-bond acceptors (Lipinski definition) is 4. The van der Waals surface area contributed by atoms with Gasteiger partial charge in [-0.3, -0.25) is 0 Å². The van der Waals surface area contributed by atoms with Gasteiger partial charge in [0.1, 0.15) is 6.07 Å². The summed E-state index contributed by atoms with van der Waals surface area (Å²) >= 11 is 3.82. The van der Waals surface area contributed by atoms with Gasteiger partial charge in [-0.15, -0.1) is 12.6 Å². The van der Waals surface area contributed by atoms with Crippen molar-refractivity contribution in [1.82, 2.24) is 0 Å². The fraction of sp³-hybridized carbons (Fsp3) is 0.200. The molecule has 15 heavy (non-hydrogen) atoms. The lowest BCUT2D eigenvalue weighted by molar-refractivity contribution is 0.0520. The van der Waals surface area contributed by atoms with E-state index in [2.05, 4.69) is 17.4 Å². The monoisotopic (exact) mass is 225 g/mol. The second-order valence-electron chi connectivity index (χ2n) is 2.66. The molecule has 0 saturated carbocycles. The van der Waals surface area contributed by atoms with Crippen LogP contribution in [0.2, 0.25) is 0 Å². The molecule has 1 rings (SSSR count). The number of carbonyl (C=O) groups is 1. The van der Waals surface area contributed by atoms with E-state index in [1.165, 1.54) is 12.1 Å². The molecule has 0 N–H and O–H groups in total. The molecule has 0 heterocycles. The first-order valence-electron chi connectivity index (χ1n) is 4.20. The van der Waals surface area contributed by atoms with Crippen LogP contribution in [-0.2, 0) is 4.74 Å². The van der Waals surface area contributed by atoms with Crippen LogP contribution in [-0.4, -0.2) is 12.6 Å². The summed E-state index contributed by atoms with van der Waals surface area (Å²) in [6.07, 6.45) is 0. The van der Waals surface area contributed by atoms with Crippen LogP contribution in [0.15, 0.2) is 17.0 Å². The van der Waals surface area contributed by atoms with Crippen molar-refractivity contribution in [2.24, 2.45) is 0 Å². The summed E-state index contributed by atoms with van der Waals surface area (Å²) in [7, 11) is 0. The van der Waals surface area contributed by atoms with Crippen LogP contribution in [0, 0.1) is 17.1 Å². The molecular weight excluding hydrogens is 217 g/mol. The molecule has 0 radical (unpaired) electrons. The van der Waals surface area contributed by atoms with E-state index < -0.39 is 11.8 Å². The molecule has 5 heteroatoms. The minimum atomic E-state index is -0.823. The average molecular weight is 225 g/mol. The van der Waals surface area contributed by atoms with Crippen molar-refractivity contribution in [2.45, 2.75) is 11.8 Å². The molecule has 1 aromatic carbocycles. The van der Waals surface area contributed by atoms with E-state index in [1.807, 2.05) is 0 Å². The number of thiol groups is 1. The Hall–Kier alpha value is -1.54. The third-order valence-corrected chi connectivity index (χ3v) is 2.17. The molecule has 0 aliphatic carbocycles. The molecule has 3 nitrogen and oxygen atoms in total. The number of benzene rings is 1. The lowest BCUT2D eigenvalue weighted by atomic mass is 10.1. The number of rotatable bonds is 2. The van der Waals surface area contributed by atoms with Gasteiger partial charge in [-0.2, -0.15) is 5.26 Å². The molecule has 0 spiro atoms. The zero-order valence-corrected chi connectivity index (χ0v) is 8.85. The van der Waals surface area contributed by atoms with Gasteiger partial charge in [0.15, 0.2) is 5.82 Å². The standard InChI is InChI=1S/C10H8FNO2S/c1-2-14-10(13)7-4-3-6(5-12)9(15)8(7)11/h3-4,15H,2H2,1H3. The number of esters is 1. The van der Waals surface area contributed by atoms with Crippen LogP contribution >= 0.6 is 12.6 Å². The minimum Gasteiger partial charge on any atom is -0.462 e. The van der Waals surface area contributed by atoms with E-state index in [-0.39, 0.29) is 22.6 Å². The van der Waals surface area contributed by atoms with Gasteiger partial charge >= 0.3 is 5.97 Å². The molecule has 78 valence electrons. The van der Waals surface area contributed by atoms with Crippen molar-refractivity contribution in [3.05, 3.63) is 29.1 Å². The maximum atomic E-state index is 13.5. The van der Waals surface area contributed by atoms with Crippen LogP contribution < -0.4 is 0 Å². The summed E-state index contributed by atoms with van der Waals surface area (Å²) in [5.41, 5.74) is -0.121. The number of carbonyl (C=O) groups excluding carboxylic acids is 1. The van der Waals surface area contributed by atoms with Gasteiger partial charge in [0.05, 0.1) is 22.6 Å². The normalized spacial score (nSPS) is 9.47. The van der Waals surface area contributed by atoms with E-state index in [9.17, 15) is 9.18 Å². The molecule has 0 aliphatic heterocycles. The maximum absolute atomic E-state index is 13.5. The van der Waals surface area contributed by atoms with Crippen molar-refractivity contribution in [2.75, 3.05) is 6.61 Å². The molecule has 0 atom stereocenters. The van der Waals surface area contributed by atoms with Crippen LogP contribution in [0.3, 0.4) is 0 Å². The van der Waals surface area contributed by atoms with Gasteiger partial charge in [-0.25, -0.2) is 9.18 Å². The zero-order valence-electron chi connectivity index (χ0n) is 7.95. The van der Waals surface area contributed by atoms with Crippen LogP contribution in [0.25, 0.3) is 0 Å². The minimum absolute atomic E-state index is 0.0869. The molecule has 1 aromatic rings. The van der Waals surface area contributed by atoms with Crippen LogP contribution in [0.1, 0.15) is 22.8 Å². The van der Waals surface area contributed by atoms with Gasteiger partial charge in [0, 0.05) is 0 Å². The highest BCUT2D eigenvalue weighted by molar-refractivity contribution is 7.80. The van der Waals surface area contributed by atoms with Gasteiger partial charge in [-0.1, -0.05) is 0 Å². The van der Waals surface area contributed by atoms with Crippen molar-refractivity contribution >= 4 is 18.6 Å². The topological polar surface area (TPSA) is 50.1 Å². The van der Waals surface area contributed by atoms with Crippen molar-refractivity contribution < 1.29 is 13.9 Å². The van der Waals surface area contributed by atoms with E-state index in [4.69, 9.17) is 5.26 Å². The number of ether oxygens (including phenoxy) is 1. The highest BCUT2D eigenvalue weighted by Crippen LogP contribution is 2.21. The molecular formula is C10H8FNO2S. The number of halogens is 1.